The van der Waals surface area contributed by atoms with E-state index in [0.717, 1.165) is 28.3 Å². The number of pyridine rings is 1. The highest BCUT2D eigenvalue weighted by atomic mass is 32.1. The molecule has 39 heavy (non-hydrogen) atoms. The van der Waals surface area contributed by atoms with Gasteiger partial charge in [0, 0.05) is 41.9 Å². The van der Waals surface area contributed by atoms with Crippen LogP contribution < -0.4 is 10.6 Å². The van der Waals surface area contributed by atoms with Crippen molar-refractivity contribution in [3.05, 3.63) is 113 Å². The summed E-state index contributed by atoms with van der Waals surface area (Å²) < 4.78 is 15.5. The van der Waals surface area contributed by atoms with Crippen LogP contribution in [-0.4, -0.2) is 32.0 Å². The zero-order chi connectivity index (χ0) is 27.7. The Morgan fingerprint density at radius 3 is 2.41 bits per heavy atom. The molecule has 0 saturated carbocycles. The van der Waals surface area contributed by atoms with E-state index in [0.29, 0.717) is 17.3 Å². The Bertz CT molecular complexity index is 1500. The van der Waals surface area contributed by atoms with Crippen molar-refractivity contribution in [3.8, 4) is 5.69 Å². The molecule has 0 bridgehead atoms. The average molecular weight is 542 g/mol. The van der Waals surface area contributed by atoms with Crippen LogP contribution in [0.2, 0.25) is 0 Å². The quantitative estimate of drug-likeness (QED) is 0.271. The van der Waals surface area contributed by atoms with Crippen molar-refractivity contribution in [2.24, 2.45) is 0 Å². The molecule has 200 valence electrons. The van der Waals surface area contributed by atoms with Gasteiger partial charge in [-0.3, -0.25) is 9.78 Å². The lowest BCUT2D eigenvalue weighted by Gasteiger charge is -2.28. The molecular weight excluding hydrogens is 509 g/mol. The minimum atomic E-state index is -0.344. The predicted molar refractivity (Wildman–Crippen MR) is 157 cm³/mol. The van der Waals surface area contributed by atoms with E-state index in [1.165, 1.54) is 23.3 Å². The van der Waals surface area contributed by atoms with Crippen LogP contribution in [0.3, 0.4) is 0 Å². The third kappa shape index (κ3) is 5.56. The zero-order valence-corrected chi connectivity index (χ0v) is 23.3. The number of aromatic nitrogens is 2. The summed E-state index contributed by atoms with van der Waals surface area (Å²) in [5, 5.41) is 6.91. The first-order chi connectivity index (χ1) is 18.7. The molecule has 1 fully saturated rings. The largest absolute Gasteiger partial charge is 0.352 e. The molecule has 1 amide bonds. The topological polar surface area (TPSA) is 62.2 Å². The maximum absolute atomic E-state index is 13.3. The van der Waals surface area contributed by atoms with Gasteiger partial charge in [-0.05, 0) is 111 Å². The van der Waals surface area contributed by atoms with E-state index in [9.17, 15) is 9.18 Å². The normalized spacial score (nSPS) is 16.8. The molecule has 2 aromatic heterocycles. The molecule has 5 rings (SSSR count). The van der Waals surface area contributed by atoms with Crippen molar-refractivity contribution in [1.29, 1.82) is 0 Å². The number of carbonyl (C=O) groups is 1. The van der Waals surface area contributed by atoms with Crippen LogP contribution in [0.15, 0.2) is 72.9 Å². The Morgan fingerprint density at radius 2 is 1.74 bits per heavy atom. The summed E-state index contributed by atoms with van der Waals surface area (Å²) in [5.41, 5.74) is 8.37. The smallest absolute Gasteiger partial charge is 0.226 e. The molecule has 2 N–H and O–H groups in total. The average Bonchev–Trinajstić information content (AvgIpc) is 3.38. The van der Waals surface area contributed by atoms with Crippen LogP contribution in [0.1, 0.15) is 52.3 Å². The van der Waals surface area contributed by atoms with Gasteiger partial charge in [0.25, 0.3) is 0 Å². The van der Waals surface area contributed by atoms with E-state index in [-0.39, 0.29) is 30.2 Å². The number of benzene rings is 2. The highest BCUT2D eigenvalue weighted by molar-refractivity contribution is 7.80. The SMILES string of the molecule is Cc1cc(C)cc(-n2c(C)cc([C@@H]3[C@H](c4ccccn4)NC(=S)N3CCC(=O)Nc3ccc(F)cc3)c2C)c1. The standard InChI is InChI=1S/C31H32FN5OS/c1-19-15-20(2)17-25(16-19)37-21(3)18-26(22(37)4)30-29(27-7-5-6-13-33-27)35-31(39)36(30)14-12-28(38)34-24-10-8-23(32)9-11-24/h5-11,13,15-18,29-30H,12,14H2,1-4H3,(H,34,38)(H,35,39)/t29-,30+/m0/s1. The Labute approximate surface area is 233 Å². The zero-order valence-electron chi connectivity index (χ0n) is 22.5. The van der Waals surface area contributed by atoms with E-state index in [2.05, 4.69) is 77.0 Å². The molecule has 3 heterocycles. The second kappa shape index (κ2) is 11.0. The minimum Gasteiger partial charge on any atom is -0.352 e. The molecule has 1 aliphatic heterocycles. The fourth-order valence-electron chi connectivity index (χ4n) is 5.53. The number of nitrogens with one attached hydrogen (secondary N) is 2. The number of carbonyl (C=O) groups excluding carboxylic acids is 1. The summed E-state index contributed by atoms with van der Waals surface area (Å²) in [4.78, 5) is 19.5. The van der Waals surface area contributed by atoms with Crippen molar-refractivity contribution < 1.29 is 9.18 Å². The van der Waals surface area contributed by atoms with E-state index in [1.807, 2.05) is 18.2 Å². The molecule has 0 spiro atoms. The number of rotatable bonds is 7. The number of amides is 1. The Hall–Kier alpha value is -4.04. The van der Waals surface area contributed by atoms with Crippen molar-refractivity contribution in [2.75, 3.05) is 11.9 Å². The van der Waals surface area contributed by atoms with Gasteiger partial charge in [0.05, 0.1) is 17.8 Å². The van der Waals surface area contributed by atoms with Crippen molar-refractivity contribution in [2.45, 2.75) is 46.2 Å². The molecular formula is C31H32FN5OS. The van der Waals surface area contributed by atoms with Gasteiger partial charge in [-0.15, -0.1) is 0 Å². The van der Waals surface area contributed by atoms with Crippen LogP contribution in [-0.2, 0) is 4.79 Å². The molecule has 1 saturated heterocycles. The van der Waals surface area contributed by atoms with Gasteiger partial charge in [-0.2, -0.15) is 0 Å². The molecule has 2 aromatic carbocycles. The van der Waals surface area contributed by atoms with Crippen LogP contribution in [0.5, 0.6) is 0 Å². The third-order valence-electron chi connectivity index (χ3n) is 7.16. The van der Waals surface area contributed by atoms with Gasteiger partial charge < -0.3 is 20.1 Å². The summed E-state index contributed by atoms with van der Waals surface area (Å²) in [5.74, 6) is -0.506. The van der Waals surface area contributed by atoms with Gasteiger partial charge >= 0.3 is 0 Å². The summed E-state index contributed by atoms with van der Waals surface area (Å²) in [6.45, 7) is 8.89. The van der Waals surface area contributed by atoms with Crippen LogP contribution in [0.25, 0.3) is 5.69 Å². The summed E-state index contributed by atoms with van der Waals surface area (Å²) in [6.07, 6.45) is 2.01. The molecule has 0 unspecified atom stereocenters. The van der Waals surface area contributed by atoms with Crippen molar-refractivity contribution >= 4 is 28.9 Å². The second-order valence-electron chi connectivity index (χ2n) is 10.1. The Balaban J connectivity index is 1.48. The number of nitrogens with zero attached hydrogens (tertiary/aromatic N) is 3. The summed E-state index contributed by atoms with van der Waals surface area (Å²) >= 11 is 5.81. The lowest BCUT2D eigenvalue weighted by atomic mass is 9.96. The first kappa shape index (κ1) is 26.6. The number of hydrogen-bond donors (Lipinski definition) is 2. The molecule has 4 aromatic rings. The maximum Gasteiger partial charge on any atom is 0.226 e. The van der Waals surface area contributed by atoms with Gasteiger partial charge in [-0.25, -0.2) is 4.39 Å². The fourth-order valence-corrected chi connectivity index (χ4v) is 5.86. The molecule has 8 heteroatoms. The van der Waals surface area contributed by atoms with E-state index >= 15 is 0 Å². The van der Waals surface area contributed by atoms with Crippen LogP contribution in [0.4, 0.5) is 10.1 Å². The summed E-state index contributed by atoms with van der Waals surface area (Å²) in [7, 11) is 0. The second-order valence-corrected chi connectivity index (χ2v) is 10.5. The van der Waals surface area contributed by atoms with Gasteiger partial charge in [-0.1, -0.05) is 12.1 Å². The molecule has 6 nitrogen and oxygen atoms in total. The van der Waals surface area contributed by atoms with Gasteiger partial charge in [0.1, 0.15) is 5.82 Å². The predicted octanol–water partition coefficient (Wildman–Crippen LogP) is 6.25. The first-order valence-corrected chi connectivity index (χ1v) is 13.4. The summed E-state index contributed by atoms with van der Waals surface area (Å²) in [6, 6.07) is 20.1. The molecule has 1 aliphatic rings. The number of anilines is 1. The number of aryl methyl sites for hydroxylation is 3. The van der Waals surface area contributed by atoms with Crippen molar-refractivity contribution in [1.82, 2.24) is 19.8 Å². The van der Waals surface area contributed by atoms with Crippen molar-refractivity contribution in [3.63, 3.8) is 0 Å². The van der Waals surface area contributed by atoms with Gasteiger partial charge in [0.15, 0.2) is 5.11 Å². The van der Waals surface area contributed by atoms with Gasteiger partial charge in [0.2, 0.25) is 5.91 Å². The third-order valence-corrected chi connectivity index (χ3v) is 7.51. The molecule has 0 aliphatic carbocycles. The highest BCUT2D eigenvalue weighted by Crippen LogP contribution is 2.41. The Morgan fingerprint density at radius 1 is 1.03 bits per heavy atom. The highest BCUT2D eigenvalue weighted by Gasteiger charge is 2.41. The maximum atomic E-state index is 13.3. The van der Waals surface area contributed by atoms with Crippen LogP contribution >= 0.6 is 12.2 Å². The van der Waals surface area contributed by atoms with E-state index < -0.39 is 0 Å². The lowest BCUT2D eigenvalue weighted by molar-refractivity contribution is -0.116. The molecule has 0 radical (unpaired) electrons. The monoisotopic (exact) mass is 541 g/mol. The number of thiocarbonyl (C=S) groups is 1. The lowest BCUT2D eigenvalue weighted by Crippen LogP contribution is -2.32. The van der Waals surface area contributed by atoms with E-state index in [4.69, 9.17) is 12.2 Å². The Kier molecular flexibility index (Phi) is 7.48. The number of hydrogen-bond acceptors (Lipinski definition) is 3. The molecule has 2 atom stereocenters. The first-order valence-electron chi connectivity index (χ1n) is 13.0. The van der Waals surface area contributed by atoms with E-state index in [1.54, 1.807) is 18.3 Å². The number of halogens is 1. The fraction of sp³-hybridized carbons (Fsp3) is 0.258. The van der Waals surface area contributed by atoms with Crippen LogP contribution in [0, 0.1) is 33.5 Å². The minimum absolute atomic E-state index is 0.156.